The van der Waals surface area contributed by atoms with Gasteiger partial charge in [-0.1, -0.05) is 44.2 Å². The Bertz CT molecular complexity index is 758. The van der Waals surface area contributed by atoms with Gasteiger partial charge >= 0.3 is 0 Å². The highest BCUT2D eigenvalue weighted by molar-refractivity contribution is 8.03. The number of hydrogen-bond donors (Lipinski definition) is 2. The van der Waals surface area contributed by atoms with Crippen molar-refractivity contribution in [2.75, 3.05) is 20.6 Å². The molecular formula is C23H32N2O2S. The number of piperidine rings is 1. The topological polar surface area (TPSA) is 52.6 Å². The van der Waals surface area contributed by atoms with Crippen LogP contribution in [0.2, 0.25) is 0 Å². The van der Waals surface area contributed by atoms with Gasteiger partial charge in [0, 0.05) is 29.8 Å². The number of benzene rings is 1. The molecule has 0 aromatic heterocycles. The quantitative estimate of drug-likeness (QED) is 0.815. The minimum absolute atomic E-state index is 0.0349. The van der Waals surface area contributed by atoms with E-state index in [1.54, 1.807) is 11.8 Å². The van der Waals surface area contributed by atoms with E-state index in [4.69, 9.17) is 0 Å². The molecule has 4 rings (SSSR count). The molecule has 0 bridgehead atoms. The number of nitrogens with one attached hydrogen (secondary N) is 1. The number of aliphatic hydroxyl groups excluding tert-OH is 1. The lowest BCUT2D eigenvalue weighted by atomic mass is 9.63. The third kappa shape index (κ3) is 3.53. The Morgan fingerprint density at radius 3 is 2.61 bits per heavy atom. The van der Waals surface area contributed by atoms with Crippen molar-refractivity contribution < 1.29 is 9.90 Å². The number of hydrogen-bond acceptors (Lipinski definition) is 4. The number of likely N-dealkylation sites (N-methyl/N-ethyl adjacent to an activating group) is 1. The molecule has 0 spiro atoms. The molecule has 6 atom stereocenters. The molecule has 0 radical (unpaired) electrons. The number of fused-ring (bicyclic) bond motifs is 3. The van der Waals surface area contributed by atoms with Crippen LogP contribution in [0.25, 0.3) is 0 Å². The Morgan fingerprint density at radius 1 is 1.21 bits per heavy atom. The number of carbonyl (C=O) groups excluding carboxylic acids is 1. The fraction of sp³-hybridized carbons (Fsp3) is 0.609. The van der Waals surface area contributed by atoms with E-state index in [9.17, 15) is 9.90 Å². The largest absolute Gasteiger partial charge is 0.392 e. The van der Waals surface area contributed by atoms with Gasteiger partial charge in [0.1, 0.15) is 0 Å². The van der Waals surface area contributed by atoms with Crippen molar-refractivity contribution in [3.05, 3.63) is 46.9 Å². The first-order valence-corrected chi connectivity index (χ1v) is 11.3. The van der Waals surface area contributed by atoms with Gasteiger partial charge in [-0.05, 0) is 49.4 Å². The summed E-state index contributed by atoms with van der Waals surface area (Å²) in [6.07, 6.45) is 3.46. The van der Waals surface area contributed by atoms with Crippen LogP contribution in [0.3, 0.4) is 0 Å². The second-order valence-electron chi connectivity index (χ2n) is 9.57. The molecule has 28 heavy (non-hydrogen) atoms. The van der Waals surface area contributed by atoms with Crippen LogP contribution >= 0.6 is 11.8 Å². The highest BCUT2D eigenvalue weighted by atomic mass is 32.2. The highest BCUT2D eigenvalue weighted by Gasteiger charge is 2.51. The predicted octanol–water partition coefficient (Wildman–Crippen LogP) is 3.12. The average molecular weight is 401 g/mol. The molecule has 1 saturated heterocycles. The van der Waals surface area contributed by atoms with Crippen LogP contribution in [0.5, 0.6) is 0 Å². The minimum Gasteiger partial charge on any atom is -0.392 e. The van der Waals surface area contributed by atoms with Crippen molar-refractivity contribution in [3.63, 3.8) is 0 Å². The smallest absolute Gasteiger partial charge is 0.234 e. The summed E-state index contributed by atoms with van der Waals surface area (Å²) >= 11 is 1.62. The minimum atomic E-state index is -0.350. The van der Waals surface area contributed by atoms with Crippen molar-refractivity contribution in [2.45, 2.75) is 55.4 Å². The van der Waals surface area contributed by atoms with Crippen LogP contribution in [0.15, 0.2) is 35.7 Å². The van der Waals surface area contributed by atoms with Crippen LogP contribution in [-0.2, 0) is 10.2 Å². The number of allylic oxidation sites excluding steroid dienone is 1. The molecule has 2 N–H and O–H groups in total. The molecule has 3 aliphatic rings. The van der Waals surface area contributed by atoms with E-state index in [2.05, 4.69) is 73.9 Å². The van der Waals surface area contributed by atoms with Gasteiger partial charge in [-0.15, -0.1) is 11.8 Å². The lowest BCUT2D eigenvalue weighted by Crippen LogP contribution is -2.59. The summed E-state index contributed by atoms with van der Waals surface area (Å²) < 4.78 is 0. The van der Waals surface area contributed by atoms with Crippen LogP contribution < -0.4 is 5.32 Å². The van der Waals surface area contributed by atoms with Gasteiger partial charge in [-0.2, -0.15) is 0 Å². The van der Waals surface area contributed by atoms with Crippen molar-refractivity contribution in [1.82, 2.24) is 10.2 Å². The molecule has 6 unspecified atom stereocenters. The van der Waals surface area contributed by atoms with Gasteiger partial charge in [0.05, 0.1) is 11.4 Å². The Labute approximate surface area is 172 Å². The van der Waals surface area contributed by atoms with Crippen LogP contribution in [0.1, 0.15) is 43.7 Å². The van der Waals surface area contributed by atoms with Gasteiger partial charge in [0.2, 0.25) is 5.91 Å². The van der Waals surface area contributed by atoms with E-state index in [0.717, 1.165) is 19.4 Å². The van der Waals surface area contributed by atoms with Crippen molar-refractivity contribution in [3.8, 4) is 0 Å². The summed E-state index contributed by atoms with van der Waals surface area (Å²) in [4.78, 5) is 14.7. The fourth-order valence-electron chi connectivity index (χ4n) is 5.63. The molecule has 1 aliphatic carbocycles. The predicted molar refractivity (Wildman–Crippen MR) is 115 cm³/mol. The van der Waals surface area contributed by atoms with Gasteiger partial charge in [0.25, 0.3) is 0 Å². The molecule has 2 aliphatic heterocycles. The molecule has 2 fully saturated rings. The Hall–Kier alpha value is -1.30. The van der Waals surface area contributed by atoms with Crippen LogP contribution in [0, 0.1) is 11.8 Å². The second-order valence-corrected chi connectivity index (χ2v) is 10.6. The lowest BCUT2D eigenvalue weighted by Gasteiger charge is -2.48. The molecule has 4 nitrogen and oxygen atoms in total. The average Bonchev–Trinajstić information content (AvgIpc) is 3.12. The van der Waals surface area contributed by atoms with Crippen LogP contribution in [-0.4, -0.2) is 53.9 Å². The molecule has 1 saturated carbocycles. The van der Waals surface area contributed by atoms with Crippen molar-refractivity contribution >= 4 is 17.7 Å². The Balaban J connectivity index is 1.63. The number of thioether (sulfide) groups is 1. The summed E-state index contributed by atoms with van der Waals surface area (Å²) in [5.74, 6) is 0.713. The summed E-state index contributed by atoms with van der Waals surface area (Å²) in [6.45, 7) is 5.53. The summed E-state index contributed by atoms with van der Waals surface area (Å²) in [5.41, 5.74) is 2.59. The number of nitrogens with zero attached hydrogens (tertiary/aromatic N) is 1. The number of aliphatic hydroxyl groups is 1. The molecular weight excluding hydrogens is 368 g/mol. The lowest BCUT2D eigenvalue weighted by molar-refractivity contribution is -0.126. The Kier molecular flexibility index (Phi) is 5.36. The standard InChI is InChI=1S/C23H32N2O2S/c1-23(2,13-25(3)4)15-7-5-14(6-8-15)19-18(26)10-9-17-20(19)16-11-12-28-21(16)22(27)24-17/h5-8,11-12,16-21,26H,9-10,13H2,1-4H3,(H,24,27). The molecule has 1 aromatic rings. The molecule has 1 aromatic carbocycles. The first kappa shape index (κ1) is 20.0. The molecule has 5 heteroatoms. The fourth-order valence-corrected chi connectivity index (χ4v) is 6.72. The summed E-state index contributed by atoms with van der Waals surface area (Å²) in [5, 5.41) is 16.2. The third-order valence-electron chi connectivity index (χ3n) is 6.76. The molecule has 2 heterocycles. The van der Waals surface area contributed by atoms with Gasteiger partial charge in [-0.3, -0.25) is 4.79 Å². The maximum Gasteiger partial charge on any atom is 0.234 e. The monoisotopic (exact) mass is 400 g/mol. The first-order chi connectivity index (χ1) is 13.3. The number of amides is 1. The first-order valence-electron chi connectivity index (χ1n) is 10.3. The normalized spacial score (nSPS) is 34.9. The summed E-state index contributed by atoms with van der Waals surface area (Å²) in [6, 6.07) is 9.04. The van der Waals surface area contributed by atoms with E-state index in [0.29, 0.717) is 0 Å². The van der Waals surface area contributed by atoms with Crippen molar-refractivity contribution in [2.24, 2.45) is 11.8 Å². The van der Waals surface area contributed by atoms with Gasteiger partial charge in [0.15, 0.2) is 0 Å². The summed E-state index contributed by atoms with van der Waals surface area (Å²) in [7, 11) is 4.21. The molecule has 152 valence electrons. The van der Waals surface area contributed by atoms with E-state index in [1.165, 1.54) is 11.1 Å². The second kappa shape index (κ2) is 7.51. The van der Waals surface area contributed by atoms with E-state index < -0.39 is 0 Å². The maximum atomic E-state index is 12.5. The molecule has 1 amide bonds. The Morgan fingerprint density at radius 2 is 1.93 bits per heavy atom. The number of rotatable bonds is 4. The van der Waals surface area contributed by atoms with E-state index in [1.807, 2.05) is 0 Å². The zero-order valence-corrected chi connectivity index (χ0v) is 18.1. The zero-order chi connectivity index (χ0) is 20.1. The highest BCUT2D eigenvalue weighted by Crippen LogP contribution is 2.50. The van der Waals surface area contributed by atoms with E-state index in [-0.39, 0.29) is 46.5 Å². The zero-order valence-electron chi connectivity index (χ0n) is 17.3. The van der Waals surface area contributed by atoms with Crippen molar-refractivity contribution in [1.29, 1.82) is 0 Å². The number of carbonyl (C=O) groups is 1. The van der Waals surface area contributed by atoms with Crippen LogP contribution in [0.4, 0.5) is 0 Å². The van der Waals surface area contributed by atoms with Gasteiger partial charge < -0.3 is 15.3 Å². The third-order valence-corrected chi connectivity index (χ3v) is 7.90. The van der Waals surface area contributed by atoms with Gasteiger partial charge in [-0.25, -0.2) is 0 Å². The van der Waals surface area contributed by atoms with E-state index >= 15 is 0 Å². The maximum absolute atomic E-state index is 12.5. The SMILES string of the molecule is CN(C)CC(C)(C)c1ccc(C2C(O)CCC3NC(=O)C4SC=CC4C32)cc1.